The fraction of sp³-hybridized carbons (Fsp3) is 0.364. The van der Waals surface area contributed by atoms with E-state index in [1.807, 2.05) is 18.2 Å². The molecule has 6 nitrogen and oxygen atoms in total. The van der Waals surface area contributed by atoms with Crippen molar-refractivity contribution in [2.45, 2.75) is 42.4 Å². The fourth-order valence-corrected chi connectivity index (χ4v) is 5.78. The zero-order valence-electron chi connectivity index (χ0n) is 16.6. The minimum Gasteiger partial charge on any atom is -0.439 e. The van der Waals surface area contributed by atoms with Crippen LogP contribution >= 0.6 is 11.6 Å². The molecular weight excluding hydrogens is 424 g/mol. The highest BCUT2D eigenvalue weighted by atomic mass is 35.5. The van der Waals surface area contributed by atoms with Crippen LogP contribution in [-0.4, -0.2) is 25.6 Å². The molecule has 158 valence electrons. The first-order valence-electron chi connectivity index (χ1n) is 9.88. The summed E-state index contributed by atoms with van der Waals surface area (Å²) in [6.45, 7) is 0. The van der Waals surface area contributed by atoms with E-state index in [1.54, 1.807) is 12.1 Å². The summed E-state index contributed by atoms with van der Waals surface area (Å²) in [5.74, 6) is -0.101. The molecule has 0 unspecified atom stereocenters. The highest BCUT2D eigenvalue weighted by Gasteiger charge is 2.47. The van der Waals surface area contributed by atoms with E-state index < -0.39 is 21.2 Å². The number of aromatic nitrogens is 1. The monoisotopic (exact) mass is 446 g/mol. The van der Waals surface area contributed by atoms with Gasteiger partial charge in [0.15, 0.2) is 20.8 Å². The van der Waals surface area contributed by atoms with Crippen LogP contribution in [-0.2, 0) is 20.0 Å². The minimum atomic E-state index is -3.51. The smallest absolute Gasteiger partial charge is 0.237 e. The second-order valence-electron chi connectivity index (χ2n) is 8.03. The van der Waals surface area contributed by atoms with E-state index in [-0.39, 0.29) is 21.7 Å². The van der Waals surface area contributed by atoms with Gasteiger partial charge in [0.05, 0.1) is 9.92 Å². The highest BCUT2D eigenvalue weighted by Crippen LogP contribution is 2.44. The number of para-hydroxylation sites is 2. The van der Waals surface area contributed by atoms with Crippen molar-refractivity contribution in [2.24, 2.45) is 11.7 Å². The van der Waals surface area contributed by atoms with Crippen molar-refractivity contribution < 1.29 is 17.6 Å². The van der Waals surface area contributed by atoms with Crippen LogP contribution in [0.3, 0.4) is 0 Å². The first kappa shape index (κ1) is 20.9. The molecule has 1 amide bonds. The molecule has 0 bridgehead atoms. The average Bonchev–Trinajstić information content (AvgIpc) is 3.34. The number of primary amides is 1. The van der Waals surface area contributed by atoms with Crippen LogP contribution in [0.4, 0.5) is 0 Å². The summed E-state index contributed by atoms with van der Waals surface area (Å²) in [6, 6.07) is 11.8. The molecule has 1 heterocycles. The Labute approximate surface area is 180 Å². The predicted molar refractivity (Wildman–Crippen MR) is 115 cm³/mol. The van der Waals surface area contributed by atoms with Crippen molar-refractivity contribution in [1.29, 1.82) is 0 Å². The molecule has 0 saturated heterocycles. The van der Waals surface area contributed by atoms with Gasteiger partial charge in [-0.3, -0.25) is 4.79 Å². The van der Waals surface area contributed by atoms with E-state index in [4.69, 9.17) is 21.8 Å². The highest BCUT2D eigenvalue weighted by molar-refractivity contribution is 7.90. The van der Waals surface area contributed by atoms with E-state index in [1.165, 1.54) is 12.1 Å². The Bertz CT molecular complexity index is 1180. The third kappa shape index (κ3) is 3.61. The van der Waals surface area contributed by atoms with Gasteiger partial charge in [0.1, 0.15) is 5.52 Å². The van der Waals surface area contributed by atoms with E-state index in [0.29, 0.717) is 23.1 Å². The maximum Gasteiger partial charge on any atom is 0.237 e. The van der Waals surface area contributed by atoms with Crippen LogP contribution in [0.5, 0.6) is 0 Å². The molecule has 30 heavy (non-hydrogen) atoms. The summed E-state index contributed by atoms with van der Waals surface area (Å²) in [4.78, 5) is 17.6. The number of benzene rings is 2. The SMILES string of the molecule is CS(=O)(=O)c1ccc([C@@](CC2CCCC2)(C(N)=O)c2nc3ccccc3o2)cc1Cl. The van der Waals surface area contributed by atoms with Crippen molar-refractivity contribution in [3.8, 4) is 0 Å². The number of nitrogens with two attached hydrogens (primary N) is 1. The summed E-state index contributed by atoms with van der Waals surface area (Å²) in [6.07, 6.45) is 5.70. The molecule has 0 aliphatic heterocycles. The lowest BCUT2D eigenvalue weighted by Gasteiger charge is -2.31. The standard InChI is InChI=1S/C22H23ClN2O4S/c1-30(27,28)19-11-10-15(12-16(19)23)22(20(24)26,13-14-6-2-3-7-14)21-25-17-8-4-5-9-18(17)29-21/h4-5,8-12,14H,2-3,6-7,13H2,1H3,(H2,24,26)/t22-/m0/s1. The van der Waals surface area contributed by atoms with Crippen LogP contribution in [0.15, 0.2) is 51.8 Å². The molecule has 1 aliphatic rings. The maximum absolute atomic E-state index is 13.0. The first-order valence-corrected chi connectivity index (χ1v) is 12.1. The zero-order chi connectivity index (χ0) is 21.5. The largest absolute Gasteiger partial charge is 0.439 e. The first-order chi connectivity index (χ1) is 14.2. The molecule has 2 aromatic carbocycles. The van der Waals surface area contributed by atoms with Gasteiger partial charge >= 0.3 is 0 Å². The Morgan fingerprint density at radius 2 is 1.93 bits per heavy atom. The number of amides is 1. The van der Waals surface area contributed by atoms with Gasteiger partial charge in [0.25, 0.3) is 0 Å². The Kier molecular flexibility index (Phi) is 5.36. The molecule has 1 atom stereocenters. The van der Waals surface area contributed by atoms with Gasteiger partial charge in [-0.2, -0.15) is 0 Å². The number of hydrogen-bond donors (Lipinski definition) is 1. The molecule has 1 aromatic heterocycles. The Balaban J connectivity index is 1.94. The van der Waals surface area contributed by atoms with E-state index >= 15 is 0 Å². The van der Waals surface area contributed by atoms with Gasteiger partial charge in [-0.05, 0) is 42.2 Å². The van der Waals surface area contributed by atoms with Gasteiger partial charge in [0.2, 0.25) is 11.8 Å². The van der Waals surface area contributed by atoms with Gasteiger partial charge in [-0.15, -0.1) is 0 Å². The molecule has 0 spiro atoms. The molecule has 1 fully saturated rings. The Morgan fingerprint density at radius 1 is 1.23 bits per heavy atom. The normalized spacial score (nSPS) is 17.3. The van der Waals surface area contributed by atoms with Gasteiger partial charge < -0.3 is 10.2 Å². The quantitative estimate of drug-likeness (QED) is 0.610. The van der Waals surface area contributed by atoms with Crippen LogP contribution in [0, 0.1) is 5.92 Å². The number of fused-ring (bicyclic) bond motifs is 1. The zero-order valence-corrected chi connectivity index (χ0v) is 18.2. The summed E-state index contributed by atoms with van der Waals surface area (Å²) < 4.78 is 30.0. The van der Waals surface area contributed by atoms with Gasteiger partial charge in [-0.25, -0.2) is 13.4 Å². The number of carbonyl (C=O) groups is 1. The molecule has 1 aliphatic carbocycles. The molecule has 0 radical (unpaired) electrons. The third-order valence-electron chi connectivity index (χ3n) is 5.97. The Morgan fingerprint density at radius 3 is 2.53 bits per heavy atom. The van der Waals surface area contributed by atoms with E-state index in [9.17, 15) is 13.2 Å². The van der Waals surface area contributed by atoms with Crippen LogP contribution in [0.25, 0.3) is 11.1 Å². The molecule has 3 aromatic rings. The van der Waals surface area contributed by atoms with E-state index in [0.717, 1.165) is 31.9 Å². The molecular formula is C22H23ClN2O4S. The lowest BCUT2D eigenvalue weighted by molar-refractivity contribution is -0.123. The van der Waals surface area contributed by atoms with Crippen LogP contribution < -0.4 is 5.73 Å². The van der Waals surface area contributed by atoms with Crippen molar-refractivity contribution in [2.75, 3.05) is 6.26 Å². The number of rotatable bonds is 6. The lowest BCUT2D eigenvalue weighted by atomic mass is 9.72. The number of halogens is 1. The maximum atomic E-state index is 13.0. The molecule has 2 N–H and O–H groups in total. The van der Waals surface area contributed by atoms with Gasteiger partial charge in [-0.1, -0.05) is 55.5 Å². The van der Waals surface area contributed by atoms with Crippen molar-refractivity contribution in [3.05, 3.63) is 58.9 Å². The van der Waals surface area contributed by atoms with Crippen molar-refractivity contribution >= 4 is 38.4 Å². The predicted octanol–water partition coefficient (Wildman–Crippen LogP) is 4.24. The number of hydrogen-bond acceptors (Lipinski definition) is 5. The molecule has 4 rings (SSSR count). The number of oxazole rings is 1. The number of carbonyl (C=O) groups excluding carboxylic acids is 1. The van der Waals surface area contributed by atoms with Gasteiger partial charge in [0, 0.05) is 6.26 Å². The minimum absolute atomic E-state index is 0.00437. The summed E-state index contributed by atoms with van der Waals surface area (Å²) in [5, 5.41) is 0.0446. The number of nitrogens with zero attached hydrogens (tertiary/aromatic N) is 1. The van der Waals surface area contributed by atoms with Crippen LogP contribution in [0.1, 0.15) is 43.6 Å². The second-order valence-corrected chi connectivity index (χ2v) is 10.4. The number of sulfone groups is 1. The lowest BCUT2D eigenvalue weighted by Crippen LogP contribution is -2.44. The second kappa shape index (κ2) is 7.71. The van der Waals surface area contributed by atoms with Crippen molar-refractivity contribution in [1.82, 2.24) is 4.98 Å². The Hall–Kier alpha value is -2.38. The molecule has 1 saturated carbocycles. The average molecular weight is 447 g/mol. The fourth-order valence-electron chi connectivity index (χ4n) is 4.45. The molecule has 8 heteroatoms. The third-order valence-corrected chi connectivity index (χ3v) is 7.55. The summed E-state index contributed by atoms with van der Waals surface area (Å²) >= 11 is 6.33. The summed E-state index contributed by atoms with van der Waals surface area (Å²) in [7, 11) is -3.51. The van der Waals surface area contributed by atoms with E-state index in [2.05, 4.69) is 4.98 Å². The summed E-state index contributed by atoms with van der Waals surface area (Å²) in [5.41, 5.74) is 6.35. The van der Waals surface area contributed by atoms with Crippen molar-refractivity contribution in [3.63, 3.8) is 0 Å². The van der Waals surface area contributed by atoms with Crippen LogP contribution in [0.2, 0.25) is 5.02 Å². The topological polar surface area (TPSA) is 103 Å².